The molecule has 1 heterocycles. The molecule has 1 aliphatic rings. The Morgan fingerprint density at radius 1 is 0.769 bits per heavy atom. The summed E-state index contributed by atoms with van der Waals surface area (Å²) in [4.78, 5) is 0.165. The van der Waals surface area contributed by atoms with Gasteiger partial charge in [-0.1, -0.05) is 42.5 Å². The molecule has 0 unspecified atom stereocenters. The van der Waals surface area contributed by atoms with Crippen molar-refractivity contribution >= 4 is 15.9 Å². The van der Waals surface area contributed by atoms with Gasteiger partial charge in [-0.15, -0.1) is 4.40 Å². The van der Waals surface area contributed by atoms with Crippen LogP contribution in [-0.2, 0) is 16.6 Å². The number of ether oxygens (including phenoxy) is 2. The first-order valence-electron chi connectivity index (χ1n) is 8.01. The monoisotopic (exact) mass is 365 g/mol. The van der Waals surface area contributed by atoms with Crippen molar-refractivity contribution in [3.8, 4) is 11.5 Å². The zero-order chi connectivity index (χ0) is 18.0. The molecule has 0 N–H and O–H groups in total. The molecular weight excluding hydrogens is 350 g/mol. The summed E-state index contributed by atoms with van der Waals surface area (Å²) in [5.74, 6) is 1.27. The molecule has 4 rings (SSSR count). The van der Waals surface area contributed by atoms with E-state index in [1.807, 2.05) is 30.3 Å². The minimum Gasteiger partial charge on any atom is -0.489 e. The fraction of sp³-hybridized carbons (Fsp3) is 0.0500. The molecule has 0 bridgehead atoms. The van der Waals surface area contributed by atoms with Crippen LogP contribution in [0.2, 0.25) is 0 Å². The van der Waals surface area contributed by atoms with Crippen molar-refractivity contribution in [3.63, 3.8) is 0 Å². The fourth-order valence-corrected chi connectivity index (χ4v) is 3.74. The Kier molecular flexibility index (Phi) is 4.18. The van der Waals surface area contributed by atoms with Crippen molar-refractivity contribution in [1.29, 1.82) is 0 Å². The first-order valence-corrected chi connectivity index (χ1v) is 9.45. The van der Waals surface area contributed by atoms with Gasteiger partial charge in [0.05, 0.1) is 5.56 Å². The van der Waals surface area contributed by atoms with Crippen molar-refractivity contribution < 1.29 is 17.9 Å². The lowest BCUT2D eigenvalue weighted by Crippen LogP contribution is -2.07. The van der Waals surface area contributed by atoms with E-state index in [4.69, 9.17) is 9.47 Å². The summed E-state index contributed by atoms with van der Waals surface area (Å²) in [5, 5.41) is 0. The zero-order valence-electron chi connectivity index (χ0n) is 13.7. The molecule has 0 radical (unpaired) electrons. The maximum atomic E-state index is 12.0. The predicted octanol–water partition coefficient (Wildman–Crippen LogP) is 3.79. The van der Waals surface area contributed by atoms with E-state index in [0.717, 1.165) is 5.56 Å². The molecule has 6 heteroatoms. The Hall–Kier alpha value is -3.12. The first-order chi connectivity index (χ1) is 12.6. The molecular formula is C20H15NO4S. The lowest BCUT2D eigenvalue weighted by molar-refractivity contribution is 0.306. The topological polar surface area (TPSA) is 65.0 Å². The molecule has 0 saturated carbocycles. The van der Waals surface area contributed by atoms with E-state index in [0.29, 0.717) is 23.7 Å². The van der Waals surface area contributed by atoms with Crippen LogP contribution in [0.1, 0.15) is 11.1 Å². The van der Waals surface area contributed by atoms with Gasteiger partial charge in [0.1, 0.15) is 23.0 Å². The van der Waals surface area contributed by atoms with Crippen LogP contribution in [0, 0.1) is 0 Å². The maximum absolute atomic E-state index is 12.0. The molecule has 0 aromatic heterocycles. The normalized spacial score (nSPS) is 14.4. The number of hydrogen-bond donors (Lipinski definition) is 0. The van der Waals surface area contributed by atoms with E-state index in [-0.39, 0.29) is 10.8 Å². The van der Waals surface area contributed by atoms with Crippen LogP contribution in [0.5, 0.6) is 11.5 Å². The van der Waals surface area contributed by atoms with Crippen LogP contribution in [-0.4, -0.2) is 14.3 Å². The summed E-state index contributed by atoms with van der Waals surface area (Å²) < 4.78 is 39.2. The average Bonchev–Trinajstić information content (AvgIpc) is 2.93. The molecule has 0 saturated heterocycles. The van der Waals surface area contributed by atoms with Crippen LogP contribution in [0.25, 0.3) is 0 Å². The highest BCUT2D eigenvalue weighted by Gasteiger charge is 2.29. The number of fused-ring (bicyclic) bond motifs is 1. The largest absolute Gasteiger partial charge is 0.489 e. The van der Waals surface area contributed by atoms with Crippen LogP contribution in [0.15, 0.2) is 88.2 Å². The average molecular weight is 365 g/mol. The van der Waals surface area contributed by atoms with E-state index < -0.39 is 10.0 Å². The van der Waals surface area contributed by atoms with Gasteiger partial charge in [-0.25, -0.2) is 0 Å². The minimum atomic E-state index is -3.68. The summed E-state index contributed by atoms with van der Waals surface area (Å²) in [6.45, 7) is 0.472. The van der Waals surface area contributed by atoms with Crippen LogP contribution < -0.4 is 9.47 Å². The molecule has 0 fully saturated rings. The van der Waals surface area contributed by atoms with Crippen molar-refractivity contribution in [2.75, 3.05) is 0 Å². The fourth-order valence-electron chi connectivity index (χ4n) is 2.61. The molecule has 5 nitrogen and oxygen atoms in total. The quantitative estimate of drug-likeness (QED) is 0.705. The summed E-state index contributed by atoms with van der Waals surface area (Å²) >= 11 is 0. The number of sulfonamides is 1. The molecule has 130 valence electrons. The predicted molar refractivity (Wildman–Crippen MR) is 98.0 cm³/mol. The van der Waals surface area contributed by atoms with Crippen molar-refractivity contribution in [2.45, 2.75) is 11.5 Å². The molecule has 3 aromatic rings. The van der Waals surface area contributed by atoms with Crippen LogP contribution in [0.4, 0.5) is 0 Å². The SMILES string of the molecule is O=S1(=O)N=C(Oc2ccc(OCc3ccccc3)cc2)c2ccccc21. The van der Waals surface area contributed by atoms with Gasteiger partial charge in [-0.2, -0.15) is 8.42 Å². The smallest absolute Gasteiger partial charge is 0.286 e. The molecule has 0 spiro atoms. The Balaban J connectivity index is 1.47. The Morgan fingerprint density at radius 2 is 1.42 bits per heavy atom. The summed E-state index contributed by atoms with van der Waals surface area (Å²) in [6, 6.07) is 23.5. The van der Waals surface area contributed by atoms with Gasteiger partial charge in [0, 0.05) is 0 Å². The number of nitrogens with zero attached hydrogens (tertiary/aromatic N) is 1. The lowest BCUT2D eigenvalue weighted by Gasteiger charge is -2.08. The summed E-state index contributed by atoms with van der Waals surface area (Å²) in [7, 11) is -3.68. The molecule has 3 aromatic carbocycles. The van der Waals surface area contributed by atoms with E-state index in [1.165, 1.54) is 6.07 Å². The molecule has 0 amide bonds. The molecule has 0 atom stereocenters. The third-order valence-electron chi connectivity index (χ3n) is 3.89. The van der Waals surface area contributed by atoms with E-state index in [2.05, 4.69) is 4.40 Å². The third kappa shape index (κ3) is 3.32. The van der Waals surface area contributed by atoms with Gasteiger partial charge in [-0.05, 0) is 42.0 Å². The second-order valence-corrected chi connectivity index (χ2v) is 7.29. The van der Waals surface area contributed by atoms with Gasteiger partial charge in [-0.3, -0.25) is 0 Å². The van der Waals surface area contributed by atoms with E-state index in [1.54, 1.807) is 42.5 Å². The van der Waals surface area contributed by atoms with Gasteiger partial charge in [0.2, 0.25) is 5.90 Å². The van der Waals surface area contributed by atoms with Crippen LogP contribution >= 0.6 is 0 Å². The highest BCUT2D eigenvalue weighted by Crippen LogP contribution is 2.28. The molecule has 26 heavy (non-hydrogen) atoms. The zero-order valence-corrected chi connectivity index (χ0v) is 14.5. The van der Waals surface area contributed by atoms with E-state index in [9.17, 15) is 8.42 Å². The molecule has 0 aliphatic carbocycles. The van der Waals surface area contributed by atoms with Gasteiger partial charge in [0.15, 0.2) is 0 Å². The molecule has 1 aliphatic heterocycles. The highest BCUT2D eigenvalue weighted by molar-refractivity contribution is 7.90. The van der Waals surface area contributed by atoms with Gasteiger partial charge in [0.25, 0.3) is 10.0 Å². The number of rotatable bonds is 4. The van der Waals surface area contributed by atoms with Crippen molar-refractivity contribution in [2.24, 2.45) is 4.40 Å². The summed E-state index contributed by atoms with van der Waals surface area (Å²) in [5.41, 5.74) is 1.55. The Bertz CT molecular complexity index is 1060. The minimum absolute atomic E-state index is 0.0820. The second kappa shape index (κ2) is 6.65. The number of benzene rings is 3. The van der Waals surface area contributed by atoms with Crippen LogP contribution in [0.3, 0.4) is 0 Å². The van der Waals surface area contributed by atoms with Crippen molar-refractivity contribution in [1.82, 2.24) is 0 Å². The lowest BCUT2D eigenvalue weighted by atomic mass is 10.2. The Labute approximate surface area is 151 Å². The van der Waals surface area contributed by atoms with Gasteiger partial charge < -0.3 is 9.47 Å². The van der Waals surface area contributed by atoms with Gasteiger partial charge >= 0.3 is 0 Å². The highest BCUT2D eigenvalue weighted by atomic mass is 32.2. The first kappa shape index (κ1) is 16.4. The van der Waals surface area contributed by atoms with Crippen molar-refractivity contribution in [3.05, 3.63) is 90.0 Å². The third-order valence-corrected chi connectivity index (χ3v) is 5.20. The second-order valence-electron chi connectivity index (χ2n) is 5.72. The Morgan fingerprint density at radius 3 is 2.19 bits per heavy atom. The maximum Gasteiger partial charge on any atom is 0.286 e. The number of hydrogen-bond acceptors (Lipinski definition) is 4. The van der Waals surface area contributed by atoms with E-state index >= 15 is 0 Å². The summed E-state index contributed by atoms with van der Waals surface area (Å²) in [6.07, 6.45) is 0. The standard InChI is InChI=1S/C20H15NO4S/c22-26(23)19-9-5-4-8-18(19)20(21-26)25-17-12-10-16(11-13-17)24-14-15-6-2-1-3-7-15/h1-13H,14H2.